The second-order valence-corrected chi connectivity index (χ2v) is 7.19. The third-order valence-corrected chi connectivity index (χ3v) is 5.65. The molecule has 3 heterocycles. The SMILES string of the molecule is COc1ccc(-c2noc([C@H]3CCCN3C(=O)c3sccc3C)n2)cc1. The molecular formula is C19H19N3O3S. The molecule has 0 spiro atoms. The lowest BCUT2D eigenvalue weighted by Gasteiger charge is -2.21. The van der Waals surface area contributed by atoms with Crippen molar-refractivity contribution in [2.75, 3.05) is 13.7 Å². The Morgan fingerprint density at radius 3 is 2.81 bits per heavy atom. The molecule has 1 fully saturated rings. The number of likely N-dealkylation sites (tertiary alicyclic amines) is 1. The number of aromatic nitrogens is 2. The summed E-state index contributed by atoms with van der Waals surface area (Å²) in [5, 5.41) is 6.04. The lowest BCUT2D eigenvalue weighted by atomic mass is 10.2. The Bertz CT molecular complexity index is 916. The van der Waals surface area contributed by atoms with Gasteiger partial charge in [-0.15, -0.1) is 11.3 Å². The van der Waals surface area contributed by atoms with Crippen LogP contribution in [0.1, 0.15) is 40.0 Å². The van der Waals surface area contributed by atoms with Crippen LogP contribution >= 0.6 is 11.3 Å². The van der Waals surface area contributed by atoms with Crippen LogP contribution in [0, 0.1) is 6.92 Å². The first-order valence-electron chi connectivity index (χ1n) is 8.50. The normalized spacial score (nSPS) is 16.8. The summed E-state index contributed by atoms with van der Waals surface area (Å²) in [5.41, 5.74) is 1.86. The first-order valence-corrected chi connectivity index (χ1v) is 9.38. The third kappa shape index (κ3) is 2.99. The average molecular weight is 369 g/mol. The first kappa shape index (κ1) is 16.8. The zero-order chi connectivity index (χ0) is 18.1. The summed E-state index contributed by atoms with van der Waals surface area (Å²) in [7, 11) is 1.63. The van der Waals surface area contributed by atoms with Crippen molar-refractivity contribution in [2.24, 2.45) is 0 Å². The fourth-order valence-electron chi connectivity index (χ4n) is 3.22. The van der Waals surface area contributed by atoms with Gasteiger partial charge in [-0.2, -0.15) is 4.98 Å². The molecule has 0 bridgehead atoms. The number of benzene rings is 1. The first-order chi connectivity index (χ1) is 12.7. The lowest BCUT2D eigenvalue weighted by Crippen LogP contribution is -2.30. The summed E-state index contributed by atoms with van der Waals surface area (Å²) in [6, 6.07) is 9.30. The number of ether oxygens (including phenoxy) is 1. The van der Waals surface area contributed by atoms with Crippen LogP contribution in [0.25, 0.3) is 11.4 Å². The minimum absolute atomic E-state index is 0.0456. The Hall–Kier alpha value is -2.67. The number of hydrogen-bond donors (Lipinski definition) is 0. The summed E-state index contributed by atoms with van der Waals surface area (Å²) >= 11 is 1.48. The van der Waals surface area contributed by atoms with Gasteiger partial charge in [0, 0.05) is 12.1 Å². The second-order valence-electron chi connectivity index (χ2n) is 6.27. The molecule has 4 rings (SSSR count). The number of aryl methyl sites for hydroxylation is 1. The summed E-state index contributed by atoms with van der Waals surface area (Å²) in [5.74, 6) is 1.84. The van der Waals surface area contributed by atoms with Crippen LogP contribution in [0.5, 0.6) is 5.75 Å². The maximum Gasteiger partial charge on any atom is 0.264 e. The van der Waals surface area contributed by atoms with E-state index in [0.717, 1.165) is 34.6 Å². The summed E-state index contributed by atoms with van der Waals surface area (Å²) in [6.07, 6.45) is 1.77. The number of hydrogen-bond acceptors (Lipinski definition) is 6. The molecule has 0 radical (unpaired) electrons. The second kappa shape index (κ2) is 6.92. The van der Waals surface area contributed by atoms with E-state index in [-0.39, 0.29) is 11.9 Å². The predicted octanol–water partition coefficient (Wildman–Crippen LogP) is 4.09. The van der Waals surface area contributed by atoms with Gasteiger partial charge in [0.1, 0.15) is 11.8 Å². The highest BCUT2D eigenvalue weighted by Gasteiger charge is 2.35. The number of carbonyl (C=O) groups excluding carboxylic acids is 1. The van der Waals surface area contributed by atoms with Crippen LogP contribution in [-0.4, -0.2) is 34.6 Å². The van der Waals surface area contributed by atoms with E-state index in [0.29, 0.717) is 18.3 Å². The van der Waals surface area contributed by atoms with Gasteiger partial charge in [0.25, 0.3) is 5.91 Å². The van der Waals surface area contributed by atoms with E-state index in [1.165, 1.54) is 11.3 Å². The molecule has 134 valence electrons. The molecule has 0 N–H and O–H groups in total. The van der Waals surface area contributed by atoms with Crippen molar-refractivity contribution in [1.82, 2.24) is 15.0 Å². The van der Waals surface area contributed by atoms with Gasteiger partial charge in [-0.25, -0.2) is 0 Å². The van der Waals surface area contributed by atoms with Crippen molar-refractivity contribution in [3.05, 3.63) is 52.0 Å². The highest BCUT2D eigenvalue weighted by Crippen LogP contribution is 2.34. The lowest BCUT2D eigenvalue weighted by molar-refractivity contribution is 0.0714. The van der Waals surface area contributed by atoms with Crippen LogP contribution in [0.3, 0.4) is 0 Å². The van der Waals surface area contributed by atoms with Gasteiger partial charge < -0.3 is 14.2 Å². The zero-order valence-electron chi connectivity index (χ0n) is 14.6. The van der Waals surface area contributed by atoms with Crippen molar-refractivity contribution in [3.8, 4) is 17.1 Å². The van der Waals surface area contributed by atoms with E-state index in [4.69, 9.17) is 9.26 Å². The molecule has 6 nitrogen and oxygen atoms in total. The Morgan fingerprint density at radius 1 is 1.31 bits per heavy atom. The Morgan fingerprint density at radius 2 is 2.12 bits per heavy atom. The number of rotatable bonds is 4. The molecular weight excluding hydrogens is 350 g/mol. The molecule has 0 unspecified atom stereocenters. The molecule has 2 aromatic heterocycles. The van der Waals surface area contributed by atoms with Gasteiger partial charge in [-0.1, -0.05) is 5.16 Å². The molecule has 1 saturated heterocycles. The Labute approximate surface area is 155 Å². The minimum atomic E-state index is -0.163. The fourth-order valence-corrected chi connectivity index (χ4v) is 4.10. The largest absolute Gasteiger partial charge is 0.497 e. The van der Waals surface area contributed by atoms with E-state index in [9.17, 15) is 4.79 Å². The summed E-state index contributed by atoms with van der Waals surface area (Å²) < 4.78 is 10.7. The van der Waals surface area contributed by atoms with Crippen molar-refractivity contribution in [2.45, 2.75) is 25.8 Å². The quantitative estimate of drug-likeness (QED) is 0.693. The maximum absolute atomic E-state index is 12.9. The minimum Gasteiger partial charge on any atom is -0.497 e. The molecule has 1 aliphatic rings. The van der Waals surface area contributed by atoms with Crippen LogP contribution in [0.4, 0.5) is 0 Å². The summed E-state index contributed by atoms with van der Waals surface area (Å²) in [4.78, 5) is 20.1. The number of thiophene rings is 1. The van der Waals surface area contributed by atoms with Gasteiger partial charge >= 0.3 is 0 Å². The Balaban J connectivity index is 1.58. The van der Waals surface area contributed by atoms with Gasteiger partial charge in [0.2, 0.25) is 11.7 Å². The smallest absolute Gasteiger partial charge is 0.264 e. The Kier molecular flexibility index (Phi) is 4.46. The topological polar surface area (TPSA) is 68.5 Å². The molecule has 1 aromatic carbocycles. The van der Waals surface area contributed by atoms with E-state index in [1.807, 2.05) is 47.5 Å². The van der Waals surface area contributed by atoms with E-state index >= 15 is 0 Å². The number of methoxy groups -OCH3 is 1. The average Bonchev–Trinajstić information content (AvgIpc) is 3.41. The highest BCUT2D eigenvalue weighted by atomic mass is 32.1. The van der Waals surface area contributed by atoms with E-state index in [1.54, 1.807) is 7.11 Å². The number of nitrogens with zero attached hydrogens (tertiary/aromatic N) is 3. The van der Waals surface area contributed by atoms with Gasteiger partial charge in [0.05, 0.1) is 12.0 Å². The molecule has 1 amide bonds. The van der Waals surface area contributed by atoms with Crippen LogP contribution in [-0.2, 0) is 0 Å². The summed E-state index contributed by atoms with van der Waals surface area (Å²) in [6.45, 7) is 2.67. The van der Waals surface area contributed by atoms with E-state index in [2.05, 4.69) is 10.1 Å². The van der Waals surface area contributed by atoms with Crippen molar-refractivity contribution < 1.29 is 14.1 Å². The monoisotopic (exact) mass is 369 g/mol. The van der Waals surface area contributed by atoms with E-state index < -0.39 is 0 Å². The van der Waals surface area contributed by atoms with Crippen molar-refractivity contribution in [3.63, 3.8) is 0 Å². The molecule has 26 heavy (non-hydrogen) atoms. The molecule has 3 aromatic rings. The molecule has 1 aliphatic heterocycles. The fraction of sp³-hybridized carbons (Fsp3) is 0.316. The van der Waals surface area contributed by atoms with Crippen LogP contribution in [0.2, 0.25) is 0 Å². The number of amides is 1. The molecule has 1 atom stereocenters. The third-order valence-electron chi connectivity index (χ3n) is 4.65. The van der Waals surface area contributed by atoms with Gasteiger partial charge in [0.15, 0.2) is 0 Å². The molecule has 0 aliphatic carbocycles. The highest BCUT2D eigenvalue weighted by molar-refractivity contribution is 7.12. The van der Waals surface area contributed by atoms with Crippen LogP contribution in [0.15, 0.2) is 40.2 Å². The van der Waals surface area contributed by atoms with Crippen molar-refractivity contribution >= 4 is 17.2 Å². The van der Waals surface area contributed by atoms with Gasteiger partial charge in [-0.05, 0) is 61.0 Å². The van der Waals surface area contributed by atoms with Crippen molar-refractivity contribution in [1.29, 1.82) is 0 Å². The van der Waals surface area contributed by atoms with Crippen LogP contribution < -0.4 is 4.74 Å². The standard InChI is InChI=1S/C19H19N3O3S/c1-12-9-11-26-16(12)19(23)22-10-3-4-15(22)18-20-17(21-25-18)13-5-7-14(24-2)8-6-13/h5-9,11,15H,3-4,10H2,1-2H3/t15-/m1/s1. The van der Waals surface area contributed by atoms with Gasteiger partial charge in [-0.3, -0.25) is 4.79 Å². The zero-order valence-corrected chi connectivity index (χ0v) is 15.5. The predicted molar refractivity (Wildman–Crippen MR) is 98.4 cm³/mol. The molecule has 7 heteroatoms. The molecule has 0 saturated carbocycles. The maximum atomic E-state index is 12.9. The number of carbonyl (C=O) groups is 1.